The third-order valence-electron chi connectivity index (χ3n) is 1.94. The molecule has 0 saturated carbocycles. The second kappa shape index (κ2) is 9.50. The molecule has 0 aromatic carbocycles. The number of nitrogens with two attached hydrogens (primary N) is 1. The van der Waals surface area contributed by atoms with Gasteiger partial charge in [0.05, 0.1) is 6.54 Å². The predicted molar refractivity (Wildman–Crippen MR) is 62.2 cm³/mol. The Hall–Kier alpha value is -1.05. The Labute approximate surface area is 92.0 Å². The predicted octanol–water partition coefficient (Wildman–Crippen LogP) is -0.157. The first-order chi connectivity index (χ1) is 7.24. The first-order valence-corrected chi connectivity index (χ1v) is 5.34. The molecule has 4 heteroatoms. The van der Waals surface area contributed by atoms with E-state index < -0.39 is 0 Å². The fourth-order valence-corrected chi connectivity index (χ4v) is 1.08. The number of amides is 1. The smallest absolute Gasteiger partial charge is 0.221 e. The van der Waals surface area contributed by atoms with Gasteiger partial charge in [-0.15, -0.1) is 5.92 Å². The Morgan fingerprint density at radius 2 is 2.27 bits per heavy atom. The topological polar surface area (TPSA) is 67.1 Å². The van der Waals surface area contributed by atoms with Crippen LogP contribution >= 0.6 is 0 Å². The molecule has 0 saturated heterocycles. The van der Waals surface area contributed by atoms with Gasteiger partial charge in [-0.3, -0.25) is 4.79 Å². The maximum atomic E-state index is 11.4. The summed E-state index contributed by atoms with van der Waals surface area (Å²) in [6, 6.07) is 0.0164. The van der Waals surface area contributed by atoms with E-state index in [1.165, 1.54) is 0 Å². The van der Waals surface area contributed by atoms with E-state index in [4.69, 9.17) is 5.73 Å². The first-order valence-electron chi connectivity index (χ1n) is 5.34. The van der Waals surface area contributed by atoms with Crippen LogP contribution in [0.25, 0.3) is 0 Å². The highest BCUT2D eigenvalue weighted by molar-refractivity contribution is 5.76. The standard InChI is InChI=1S/C11H21N3O/c1-3-5-7-13-10(9-12)8-11(15)14-6-4-2/h10,13H,4,6-9,12H2,1-2H3,(H,14,15). The number of carbonyl (C=O) groups excluding carboxylic acids is 1. The minimum atomic E-state index is 0.0164. The van der Waals surface area contributed by atoms with Crippen molar-refractivity contribution in [3.05, 3.63) is 0 Å². The molecule has 0 aliphatic heterocycles. The molecule has 0 aromatic heterocycles. The molecule has 0 radical (unpaired) electrons. The van der Waals surface area contributed by atoms with Gasteiger partial charge in [-0.1, -0.05) is 12.8 Å². The molecule has 86 valence electrons. The third kappa shape index (κ3) is 7.98. The second-order valence-electron chi connectivity index (χ2n) is 3.29. The van der Waals surface area contributed by atoms with Crippen molar-refractivity contribution in [3.63, 3.8) is 0 Å². The van der Waals surface area contributed by atoms with Crippen molar-refractivity contribution in [3.8, 4) is 11.8 Å². The van der Waals surface area contributed by atoms with Crippen molar-refractivity contribution >= 4 is 5.91 Å². The van der Waals surface area contributed by atoms with E-state index in [0.29, 0.717) is 19.5 Å². The minimum absolute atomic E-state index is 0.0164. The van der Waals surface area contributed by atoms with Crippen molar-refractivity contribution in [2.45, 2.75) is 32.7 Å². The van der Waals surface area contributed by atoms with Crippen molar-refractivity contribution in [2.75, 3.05) is 19.6 Å². The zero-order valence-electron chi connectivity index (χ0n) is 9.60. The van der Waals surface area contributed by atoms with Crippen LogP contribution in [0, 0.1) is 11.8 Å². The van der Waals surface area contributed by atoms with Crippen LogP contribution < -0.4 is 16.4 Å². The molecule has 0 aliphatic rings. The Kier molecular flexibility index (Phi) is 8.84. The van der Waals surface area contributed by atoms with Gasteiger partial charge in [0.1, 0.15) is 0 Å². The van der Waals surface area contributed by atoms with Gasteiger partial charge in [-0.25, -0.2) is 0 Å². The number of nitrogens with one attached hydrogen (secondary N) is 2. The molecule has 1 unspecified atom stereocenters. The lowest BCUT2D eigenvalue weighted by molar-refractivity contribution is -0.121. The van der Waals surface area contributed by atoms with Crippen LogP contribution in [-0.2, 0) is 4.79 Å². The maximum Gasteiger partial charge on any atom is 0.221 e. The summed E-state index contributed by atoms with van der Waals surface area (Å²) in [4.78, 5) is 11.4. The van der Waals surface area contributed by atoms with E-state index in [1.807, 2.05) is 6.92 Å². The number of hydrogen-bond acceptors (Lipinski definition) is 3. The lowest BCUT2D eigenvalue weighted by Crippen LogP contribution is -2.41. The van der Waals surface area contributed by atoms with E-state index in [9.17, 15) is 4.79 Å². The van der Waals surface area contributed by atoms with E-state index >= 15 is 0 Å². The van der Waals surface area contributed by atoms with E-state index in [-0.39, 0.29) is 11.9 Å². The quantitative estimate of drug-likeness (QED) is 0.513. The molecule has 4 nitrogen and oxygen atoms in total. The van der Waals surface area contributed by atoms with Crippen molar-refractivity contribution in [1.82, 2.24) is 10.6 Å². The molecule has 0 aliphatic carbocycles. The lowest BCUT2D eigenvalue weighted by atomic mass is 10.2. The zero-order chi connectivity index (χ0) is 11.5. The summed E-state index contributed by atoms with van der Waals surface area (Å²) in [5.41, 5.74) is 5.54. The summed E-state index contributed by atoms with van der Waals surface area (Å²) in [5, 5.41) is 5.94. The molecule has 1 atom stereocenters. The van der Waals surface area contributed by atoms with Crippen molar-refractivity contribution < 1.29 is 4.79 Å². The van der Waals surface area contributed by atoms with E-state index in [0.717, 1.165) is 13.0 Å². The fraction of sp³-hybridized carbons (Fsp3) is 0.727. The van der Waals surface area contributed by atoms with Crippen LogP contribution in [0.1, 0.15) is 26.7 Å². The first kappa shape index (κ1) is 13.9. The minimum Gasteiger partial charge on any atom is -0.356 e. The Balaban J connectivity index is 3.75. The van der Waals surface area contributed by atoms with Crippen LogP contribution in [0.4, 0.5) is 0 Å². The number of carbonyl (C=O) groups is 1. The van der Waals surface area contributed by atoms with Gasteiger partial charge < -0.3 is 16.4 Å². The Morgan fingerprint density at radius 3 is 2.80 bits per heavy atom. The number of rotatable bonds is 7. The largest absolute Gasteiger partial charge is 0.356 e. The van der Waals surface area contributed by atoms with Crippen LogP contribution in [0.3, 0.4) is 0 Å². The molecule has 0 bridgehead atoms. The van der Waals surface area contributed by atoms with E-state index in [1.54, 1.807) is 6.92 Å². The molecule has 0 fully saturated rings. The average Bonchev–Trinajstić information content (AvgIpc) is 2.25. The molecule has 0 spiro atoms. The highest BCUT2D eigenvalue weighted by Gasteiger charge is 2.10. The lowest BCUT2D eigenvalue weighted by Gasteiger charge is -2.14. The number of hydrogen-bond donors (Lipinski definition) is 3. The average molecular weight is 211 g/mol. The van der Waals surface area contributed by atoms with Gasteiger partial charge in [-0.05, 0) is 13.3 Å². The summed E-state index contributed by atoms with van der Waals surface area (Å²) in [5.74, 6) is 5.71. The monoisotopic (exact) mass is 211 g/mol. The van der Waals surface area contributed by atoms with Crippen molar-refractivity contribution in [2.24, 2.45) is 5.73 Å². The zero-order valence-corrected chi connectivity index (χ0v) is 9.60. The Bertz CT molecular complexity index is 230. The highest BCUT2D eigenvalue weighted by Crippen LogP contribution is 1.89. The SMILES string of the molecule is CC#CCNC(CN)CC(=O)NCCC. The summed E-state index contributed by atoms with van der Waals surface area (Å²) >= 11 is 0. The molecule has 0 aromatic rings. The maximum absolute atomic E-state index is 11.4. The normalized spacial score (nSPS) is 11.4. The van der Waals surface area contributed by atoms with Gasteiger partial charge in [-0.2, -0.15) is 0 Å². The molecule has 1 amide bonds. The van der Waals surface area contributed by atoms with Gasteiger partial charge in [0.2, 0.25) is 5.91 Å². The van der Waals surface area contributed by atoms with Gasteiger partial charge in [0.15, 0.2) is 0 Å². The van der Waals surface area contributed by atoms with Gasteiger partial charge in [0.25, 0.3) is 0 Å². The molecule has 15 heavy (non-hydrogen) atoms. The van der Waals surface area contributed by atoms with E-state index in [2.05, 4.69) is 22.5 Å². The van der Waals surface area contributed by atoms with Crippen LogP contribution in [-0.4, -0.2) is 31.6 Å². The highest BCUT2D eigenvalue weighted by atomic mass is 16.1. The summed E-state index contributed by atoms with van der Waals surface area (Å²) < 4.78 is 0. The van der Waals surface area contributed by atoms with Crippen LogP contribution in [0.5, 0.6) is 0 Å². The third-order valence-corrected chi connectivity index (χ3v) is 1.94. The fourth-order valence-electron chi connectivity index (χ4n) is 1.08. The summed E-state index contributed by atoms with van der Waals surface area (Å²) in [6.45, 7) is 5.57. The molecular formula is C11H21N3O. The summed E-state index contributed by atoms with van der Waals surface area (Å²) in [6.07, 6.45) is 1.37. The van der Waals surface area contributed by atoms with Gasteiger partial charge >= 0.3 is 0 Å². The van der Waals surface area contributed by atoms with Crippen LogP contribution in [0.15, 0.2) is 0 Å². The molecule has 4 N–H and O–H groups in total. The summed E-state index contributed by atoms with van der Waals surface area (Å²) in [7, 11) is 0. The van der Waals surface area contributed by atoms with Crippen LogP contribution in [0.2, 0.25) is 0 Å². The molecule has 0 rings (SSSR count). The second-order valence-corrected chi connectivity index (χ2v) is 3.29. The molecule has 0 heterocycles. The Morgan fingerprint density at radius 1 is 1.53 bits per heavy atom. The molecular weight excluding hydrogens is 190 g/mol. The van der Waals surface area contributed by atoms with Crippen molar-refractivity contribution in [1.29, 1.82) is 0 Å². The van der Waals surface area contributed by atoms with Gasteiger partial charge in [0, 0.05) is 25.6 Å².